The molecule has 1 saturated carbocycles. The van der Waals surface area contributed by atoms with Gasteiger partial charge in [0.25, 0.3) is 0 Å². The number of nitrogens with one attached hydrogen (secondary N) is 1. The van der Waals surface area contributed by atoms with Gasteiger partial charge in [0.1, 0.15) is 6.04 Å². The number of benzene rings is 1. The Hall–Kier alpha value is -1.55. The van der Waals surface area contributed by atoms with E-state index in [0.717, 1.165) is 31.5 Å². The van der Waals surface area contributed by atoms with Gasteiger partial charge in [-0.15, -0.1) is 0 Å². The van der Waals surface area contributed by atoms with E-state index in [1.807, 2.05) is 19.1 Å². The van der Waals surface area contributed by atoms with Crippen molar-refractivity contribution in [3.8, 4) is 0 Å². The van der Waals surface area contributed by atoms with E-state index in [4.69, 9.17) is 5.73 Å². The fraction of sp³-hybridized carbons (Fsp3) is 0.533. The third kappa shape index (κ3) is 2.59. The first-order valence-corrected chi connectivity index (χ1v) is 7.05. The van der Waals surface area contributed by atoms with Crippen molar-refractivity contribution in [3.05, 3.63) is 29.8 Å². The number of hydrogen-bond donors (Lipinski definition) is 2. The van der Waals surface area contributed by atoms with Crippen molar-refractivity contribution in [1.82, 2.24) is 5.32 Å². The third-order valence-electron chi connectivity index (χ3n) is 3.99. The molecule has 3 rings (SSSR count). The molecule has 2 aliphatic rings. The lowest BCUT2D eigenvalue weighted by molar-refractivity contribution is -0.122. The maximum absolute atomic E-state index is 12.2. The number of hydrogen-bond acceptors (Lipinski definition) is 3. The van der Waals surface area contributed by atoms with E-state index in [1.165, 1.54) is 5.56 Å². The molecule has 4 nitrogen and oxygen atoms in total. The van der Waals surface area contributed by atoms with Crippen LogP contribution in [0.1, 0.15) is 25.3 Å². The Kier molecular flexibility index (Phi) is 3.19. The van der Waals surface area contributed by atoms with Crippen LogP contribution in [-0.2, 0) is 11.2 Å². The topological polar surface area (TPSA) is 58.4 Å². The van der Waals surface area contributed by atoms with E-state index in [1.54, 1.807) is 0 Å². The largest absolute Gasteiger partial charge is 0.358 e. The molecule has 102 valence electrons. The minimum absolute atomic E-state index is 0.103. The quantitative estimate of drug-likeness (QED) is 0.853. The highest BCUT2D eigenvalue weighted by molar-refractivity contribution is 5.85. The smallest absolute Gasteiger partial charge is 0.242 e. The molecule has 0 bridgehead atoms. The van der Waals surface area contributed by atoms with Gasteiger partial charge < -0.3 is 16.0 Å². The number of carbonyl (C=O) groups is 1. The van der Waals surface area contributed by atoms with Crippen LogP contribution in [0.4, 0.5) is 5.69 Å². The summed E-state index contributed by atoms with van der Waals surface area (Å²) >= 11 is 0. The Morgan fingerprint density at radius 2 is 2.16 bits per heavy atom. The molecule has 1 aliphatic heterocycles. The predicted molar refractivity (Wildman–Crippen MR) is 76.1 cm³/mol. The second-order valence-electron chi connectivity index (χ2n) is 5.70. The Morgan fingerprint density at radius 1 is 1.42 bits per heavy atom. The lowest BCUT2D eigenvalue weighted by Crippen LogP contribution is -2.52. The maximum atomic E-state index is 12.2. The van der Waals surface area contributed by atoms with Gasteiger partial charge in [-0.1, -0.05) is 18.2 Å². The summed E-state index contributed by atoms with van der Waals surface area (Å²) in [4.78, 5) is 14.4. The van der Waals surface area contributed by atoms with Crippen molar-refractivity contribution in [1.29, 1.82) is 0 Å². The standard InChI is InChI=1S/C15H21N3O/c1-10(15(19)17-13-6-7-13)18-9-12(16)8-11-4-2-3-5-14(11)18/h2-5,10,12-13H,6-9,16H2,1H3,(H,17,19). The molecular formula is C15H21N3O. The van der Waals surface area contributed by atoms with Crippen molar-refractivity contribution in [2.24, 2.45) is 5.73 Å². The van der Waals surface area contributed by atoms with E-state index in [0.29, 0.717) is 6.04 Å². The molecular weight excluding hydrogens is 238 g/mol. The number of amides is 1. The van der Waals surface area contributed by atoms with Gasteiger partial charge >= 0.3 is 0 Å². The summed E-state index contributed by atoms with van der Waals surface area (Å²) in [5, 5.41) is 3.08. The summed E-state index contributed by atoms with van der Waals surface area (Å²) in [6.07, 6.45) is 3.13. The van der Waals surface area contributed by atoms with Gasteiger partial charge in [0.05, 0.1) is 0 Å². The molecule has 0 saturated heterocycles. The summed E-state index contributed by atoms with van der Waals surface area (Å²) < 4.78 is 0. The number of fused-ring (bicyclic) bond motifs is 1. The number of para-hydroxylation sites is 1. The van der Waals surface area contributed by atoms with Crippen LogP contribution in [0.5, 0.6) is 0 Å². The molecule has 0 radical (unpaired) electrons. The first-order valence-electron chi connectivity index (χ1n) is 7.05. The number of rotatable bonds is 3. The Bertz CT molecular complexity index is 484. The molecule has 2 atom stereocenters. The zero-order chi connectivity index (χ0) is 13.4. The summed E-state index contributed by atoms with van der Waals surface area (Å²) in [5.74, 6) is 0.117. The highest BCUT2D eigenvalue weighted by Crippen LogP contribution is 2.28. The second-order valence-corrected chi connectivity index (χ2v) is 5.70. The molecule has 3 N–H and O–H groups in total. The molecule has 1 aliphatic carbocycles. The molecule has 1 aromatic rings. The van der Waals surface area contributed by atoms with Crippen LogP contribution in [0.3, 0.4) is 0 Å². The van der Waals surface area contributed by atoms with Crippen LogP contribution < -0.4 is 16.0 Å². The van der Waals surface area contributed by atoms with Gasteiger partial charge in [0.2, 0.25) is 5.91 Å². The van der Waals surface area contributed by atoms with E-state index < -0.39 is 0 Å². The molecule has 19 heavy (non-hydrogen) atoms. The van der Waals surface area contributed by atoms with E-state index >= 15 is 0 Å². The molecule has 1 heterocycles. The van der Waals surface area contributed by atoms with Crippen LogP contribution in [0.25, 0.3) is 0 Å². The van der Waals surface area contributed by atoms with Gasteiger partial charge in [-0.2, -0.15) is 0 Å². The van der Waals surface area contributed by atoms with Crippen molar-refractivity contribution in [3.63, 3.8) is 0 Å². The first-order chi connectivity index (χ1) is 9.15. The average Bonchev–Trinajstić information content (AvgIpc) is 3.20. The highest BCUT2D eigenvalue weighted by atomic mass is 16.2. The van der Waals surface area contributed by atoms with Crippen molar-refractivity contribution < 1.29 is 4.79 Å². The van der Waals surface area contributed by atoms with Gasteiger partial charge in [-0.05, 0) is 37.8 Å². The Morgan fingerprint density at radius 3 is 2.89 bits per heavy atom. The molecule has 1 amide bonds. The Labute approximate surface area is 114 Å². The van der Waals surface area contributed by atoms with Gasteiger partial charge in [0, 0.05) is 24.3 Å². The molecule has 0 aromatic heterocycles. The van der Waals surface area contributed by atoms with E-state index in [-0.39, 0.29) is 18.0 Å². The van der Waals surface area contributed by atoms with Crippen LogP contribution in [0.15, 0.2) is 24.3 Å². The van der Waals surface area contributed by atoms with Crippen LogP contribution >= 0.6 is 0 Å². The monoisotopic (exact) mass is 259 g/mol. The molecule has 2 unspecified atom stereocenters. The highest BCUT2D eigenvalue weighted by Gasteiger charge is 2.31. The zero-order valence-electron chi connectivity index (χ0n) is 11.3. The number of anilines is 1. The predicted octanol–water partition coefficient (Wildman–Crippen LogP) is 1.04. The summed E-state index contributed by atoms with van der Waals surface area (Å²) in [6, 6.07) is 8.59. The lowest BCUT2D eigenvalue weighted by Gasteiger charge is -2.38. The minimum atomic E-state index is -0.159. The first kappa shape index (κ1) is 12.5. The number of nitrogens with zero attached hydrogens (tertiary/aromatic N) is 1. The van der Waals surface area contributed by atoms with Crippen molar-refractivity contribution in [2.75, 3.05) is 11.4 Å². The molecule has 0 spiro atoms. The van der Waals surface area contributed by atoms with Crippen LogP contribution in [0, 0.1) is 0 Å². The third-order valence-corrected chi connectivity index (χ3v) is 3.99. The van der Waals surface area contributed by atoms with Gasteiger partial charge in [-0.3, -0.25) is 4.79 Å². The van der Waals surface area contributed by atoms with Crippen molar-refractivity contribution in [2.45, 2.75) is 44.3 Å². The fourth-order valence-electron chi connectivity index (χ4n) is 2.72. The van der Waals surface area contributed by atoms with Crippen LogP contribution in [0.2, 0.25) is 0 Å². The summed E-state index contributed by atoms with van der Waals surface area (Å²) in [6.45, 7) is 2.71. The maximum Gasteiger partial charge on any atom is 0.242 e. The summed E-state index contributed by atoms with van der Waals surface area (Å²) in [5.41, 5.74) is 8.52. The zero-order valence-corrected chi connectivity index (χ0v) is 11.3. The lowest BCUT2D eigenvalue weighted by atomic mass is 9.97. The molecule has 4 heteroatoms. The normalized spacial score (nSPS) is 23.7. The van der Waals surface area contributed by atoms with Crippen molar-refractivity contribution >= 4 is 11.6 Å². The van der Waals surface area contributed by atoms with E-state index in [9.17, 15) is 4.79 Å². The average molecular weight is 259 g/mol. The second kappa shape index (κ2) is 4.85. The van der Waals surface area contributed by atoms with E-state index in [2.05, 4.69) is 22.3 Å². The molecule has 1 aromatic carbocycles. The van der Waals surface area contributed by atoms with Crippen LogP contribution in [-0.4, -0.2) is 30.6 Å². The minimum Gasteiger partial charge on any atom is -0.358 e. The fourth-order valence-corrected chi connectivity index (χ4v) is 2.72. The number of nitrogens with two attached hydrogens (primary N) is 1. The summed E-state index contributed by atoms with van der Waals surface area (Å²) in [7, 11) is 0. The van der Waals surface area contributed by atoms with Gasteiger partial charge in [0.15, 0.2) is 0 Å². The van der Waals surface area contributed by atoms with Gasteiger partial charge in [-0.25, -0.2) is 0 Å². The SMILES string of the molecule is CC(C(=O)NC1CC1)N1CC(N)Cc2ccccc21. The molecule has 1 fully saturated rings. The number of carbonyl (C=O) groups excluding carboxylic acids is 1. The Balaban J connectivity index is 1.81.